The summed E-state index contributed by atoms with van der Waals surface area (Å²) in [6.45, 7) is 0. The summed E-state index contributed by atoms with van der Waals surface area (Å²) < 4.78 is 2.48. The number of fused-ring (bicyclic) bond motifs is 3. The van der Waals surface area contributed by atoms with Crippen LogP contribution in [-0.2, 0) is 0 Å². The fraction of sp³-hybridized carbons (Fsp3) is 0. The van der Waals surface area contributed by atoms with E-state index in [2.05, 4.69) is 240 Å². The molecule has 0 aliphatic rings. The van der Waals surface area contributed by atoms with Crippen molar-refractivity contribution in [3.8, 4) is 50.2 Å². The minimum Gasteiger partial charge on any atom is -0.311 e. The van der Waals surface area contributed by atoms with Crippen molar-refractivity contribution in [2.45, 2.75) is 0 Å². The van der Waals surface area contributed by atoms with Crippen molar-refractivity contribution >= 4 is 38.9 Å². The van der Waals surface area contributed by atoms with Crippen molar-refractivity contribution in [3.63, 3.8) is 0 Å². The molecule has 0 unspecified atom stereocenters. The van der Waals surface area contributed by atoms with E-state index in [9.17, 15) is 0 Å². The Morgan fingerprint density at radius 2 is 0.750 bits per heavy atom. The van der Waals surface area contributed by atoms with Crippen molar-refractivity contribution in [1.29, 1.82) is 0 Å². The van der Waals surface area contributed by atoms with E-state index in [0.717, 1.165) is 28.3 Å². The van der Waals surface area contributed by atoms with E-state index in [4.69, 9.17) is 0 Å². The van der Waals surface area contributed by atoms with Crippen LogP contribution in [0.2, 0.25) is 0 Å². The van der Waals surface area contributed by atoms with E-state index in [1.54, 1.807) is 0 Å². The zero-order valence-corrected chi connectivity index (χ0v) is 30.8. The van der Waals surface area contributed by atoms with Crippen LogP contribution in [0.4, 0.5) is 17.1 Å². The van der Waals surface area contributed by atoms with Crippen molar-refractivity contribution in [1.82, 2.24) is 4.57 Å². The first kappa shape index (κ1) is 33.2. The summed E-state index contributed by atoms with van der Waals surface area (Å²) in [5.74, 6) is 0. The molecule has 264 valence electrons. The molecule has 10 aromatic rings. The van der Waals surface area contributed by atoms with Gasteiger partial charge in [0.2, 0.25) is 0 Å². The van der Waals surface area contributed by atoms with Crippen LogP contribution in [0.3, 0.4) is 0 Å². The summed E-state index contributed by atoms with van der Waals surface area (Å²) in [6, 6.07) is 83.0. The molecule has 0 amide bonds. The Morgan fingerprint density at radius 1 is 0.286 bits per heavy atom. The van der Waals surface area contributed by atoms with Gasteiger partial charge in [0.1, 0.15) is 0 Å². The highest BCUT2D eigenvalue weighted by atomic mass is 15.1. The monoisotopic (exact) mass is 714 g/mol. The summed E-state index contributed by atoms with van der Waals surface area (Å²) >= 11 is 0. The normalized spacial score (nSPS) is 11.2. The van der Waals surface area contributed by atoms with Crippen LogP contribution in [0.25, 0.3) is 72.0 Å². The first-order chi connectivity index (χ1) is 27.8. The zero-order valence-electron chi connectivity index (χ0n) is 30.8. The topological polar surface area (TPSA) is 8.17 Å². The number of aromatic nitrogens is 1. The number of anilines is 3. The second-order valence-electron chi connectivity index (χ2n) is 14.1. The van der Waals surface area contributed by atoms with Gasteiger partial charge in [0, 0.05) is 39.0 Å². The Kier molecular flexibility index (Phi) is 8.55. The van der Waals surface area contributed by atoms with Crippen LogP contribution in [0.5, 0.6) is 0 Å². The molecule has 0 saturated carbocycles. The van der Waals surface area contributed by atoms with Gasteiger partial charge in [-0.3, -0.25) is 0 Å². The van der Waals surface area contributed by atoms with Crippen LogP contribution in [-0.4, -0.2) is 4.57 Å². The van der Waals surface area contributed by atoms with Crippen LogP contribution < -0.4 is 4.90 Å². The van der Waals surface area contributed by atoms with Crippen LogP contribution in [0.15, 0.2) is 231 Å². The van der Waals surface area contributed by atoms with Gasteiger partial charge < -0.3 is 9.47 Å². The van der Waals surface area contributed by atoms with Crippen LogP contribution in [0.1, 0.15) is 0 Å². The molecule has 56 heavy (non-hydrogen) atoms. The summed E-state index contributed by atoms with van der Waals surface area (Å²) in [5, 5.41) is 2.48. The molecule has 0 atom stereocenters. The van der Waals surface area contributed by atoms with E-state index < -0.39 is 0 Å². The van der Waals surface area contributed by atoms with Crippen molar-refractivity contribution in [2.24, 2.45) is 0 Å². The van der Waals surface area contributed by atoms with Gasteiger partial charge in [0.25, 0.3) is 0 Å². The summed E-state index contributed by atoms with van der Waals surface area (Å²) in [4.78, 5) is 2.33. The highest BCUT2D eigenvalue weighted by Gasteiger charge is 2.20. The van der Waals surface area contributed by atoms with Gasteiger partial charge in [-0.1, -0.05) is 176 Å². The van der Waals surface area contributed by atoms with E-state index in [1.807, 2.05) is 0 Å². The second-order valence-corrected chi connectivity index (χ2v) is 14.1. The van der Waals surface area contributed by atoms with Gasteiger partial charge >= 0.3 is 0 Å². The minimum atomic E-state index is 1.10. The van der Waals surface area contributed by atoms with Gasteiger partial charge in [-0.05, 0) is 88.0 Å². The Labute approximate surface area is 327 Å². The third-order valence-corrected chi connectivity index (χ3v) is 10.8. The number of rotatable bonds is 8. The lowest BCUT2D eigenvalue weighted by Gasteiger charge is -2.26. The van der Waals surface area contributed by atoms with Crippen LogP contribution >= 0.6 is 0 Å². The molecule has 0 radical (unpaired) electrons. The average molecular weight is 715 g/mol. The van der Waals surface area contributed by atoms with Crippen molar-refractivity contribution in [2.75, 3.05) is 4.90 Å². The highest BCUT2D eigenvalue weighted by Crippen LogP contribution is 2.42. The number of benzene rings is 9. The highest BCUT2D eigenvalue weighted by molar-refractivity contribution is 6.14. The predicted octanol–water partition coefficient (Wildman–Crippen LogP) is 14.9. The van der Waals surface area contributed by atoms with Crippen molar-refractivity contribution < 1.29 is 0 Å². The van der Waals surface area contributed by atoms with Gasteiger partial charge in [0.15, 0.2) is 0 Å². The quantitative estimate of drug-likeness (QED) is 0.152. The Morgan fingerprint density at radius 3 is 1.46 bits per heavy atom. The SMILES string of the molecule is c1ccc(-c2ccc(N(c3ccccc3)c3ccc(-c4ccccc4-n4c5ccccc5c5cccc(-c6cccc(-c7ccccc7)c6)c54)cc3)cc2)cc1. The van der Waals surface area contributed by atoms with Gasteiger partial charge in [-0.15, -0.1) is 0 Å². The Hall–Kier alpha value is -7.42. The number of nitrogens with zero attached hydrogens (tertiary/aromatic N) is 2. The fourth-order valence-corrected chi connectivity index (χ4v) is 8.16. The summed E-state index contributed by atoms with van der Waals surface area (Å²) in [7, 11) is 0. The third kappa shape index (κ3) is 6.04. The zero-order chi connectivity index (χ0) is 37.3. The third-order valence-electron chi connectivity index (χ3n) is 10.8. The molecule has 0 saturated heterocycles. The standard InChI is InChI=1S/C54H38N2/c1-4-16-39(17-5-1)41-30-34-46(35-31-41)55(45-22-8-3-9-23-45)47-36-32-42(33-37-47)48-24-10-12-28-52(48)56-53-29-13-11-25-50(53)51-27-15-26-49(54(51)56)44-21-14-20-43(38-44)40-18-6-2-7-19-40/h1-38H. The van der Waals surface area contributed by atoms with Crippen molar-refractivity contribution in [3.05, 3.63) is 231 Å². The second kappa shape index (κ2) is 14.4. The van der Waals surface area contributed by atoms with Gasteiger partial charge in [-0.25, -0.2) is 0 Å². The molecular weight excluding hydrogens is 677 g/mol. The predicted molar refractivity (Wildman–Crippen MR) is 237 cm³/mol. The first-order valence-electron chi connectivity index (χ1n) is 19.2. The molecule has 9 aromatic carbocycles. The fourth-order valence-electron chi connectivity index (χ4n) is 8.16. The lowest BCUT2D eigenvalue weighted by molar-refractivity contribution is 1.18. The van der Waals surface area contributed by atoms with Gasteiger partial charge in [-0.2, -0.15) is 0 Å². The molecule has 0 N–H and O–H groups in total. The maximum atomic E-state index is 2.48. The molecular formula is C54H38N2. The molecule has 0 bridgehead atoms. The molecule has 0 fully saturated rings. The summed E-state index contributed by atoms with van der Waals surface area (Å²) in [5.41, 5.74) is 16.4. The first-order valence-corrected chi connectivity index (χ1v) is 19.2. The number of hydrogen-bond donors (Lipinski definition) is 0. The van der Waals surface area contributed by atoms with E-state index >= 15 is 0 Å². The Bertz CT molecular complexity index is 2930. The maximum absolute atomic E-state index is 2.48. The molecule has 2 nitrogen and oxygen atoms in total. The molecule has 0 aliphatic carbocycles. The lowest BCUT2D eigenvalue weighted by atomic mass is 9.97. The van der Waals surface area contributed by atoms with E-state index in [0.29, 0.717) is 0 Å². The average Bonchev–Trinajstić information content (AvgIpc) is 3.62. The van der Waals surface area contributed by atoms with E-state index in [-0.39, 0.29) is 0 Å². The maximum Gasteiger partial charge on any atom is 0.0619 e. The molecule has 0 aliphatic heterocycles. The minimum absolute atomic E-state index is 1.10. The largest absolute Gasteiger partial charge is 0.311 e. The number of hydrogen-bond acceptors (Lipinski definition) is 1. The molecule has 10 rings (SSSR count). The molecule has 2 heteroatoms. The molecule has 1 heterocycles. The smallest absolute Gasteiger partial charge is 0.0619 e. The number of para-hydroxylation sites is 4. The van der Waals surface area contributed by atoms with Crippen LogP contribution in [0, 0.1) is 0 Å². The van der Waals surface area contributed by atoms with Gasteiger partial charge in [0.05, 0.1) is 16.7 Å². The summed E-state index contributed by atoms with van der Waals surface area (Å²) in [6.07, 6.45) is 0. The molecule has 0 spiro atoms. The Balaban J connectivity index is 1.09. The molecule has 1 aromatic heterocycles. The lowest BCUT2D eigenvalue weighted by Crippen LogP contribution is -2.09. The van der Waals surface area contributed by atoms with E-state index in [1.165, 1.54) is 60.8 Å².